The molecule has 3 rings (SSSR count). The van der Waals surface area contributed by atoms with Gasteiger partial charge in [0.15, 0.2) is 5.82 Å². The summed E-state index contributed by atoms with van der Waals surface area (Å²) in [5.74, 6) is 0.597. The van der Waals surface area contributed by atoms with E-state index in [-0.39, 0.29) is 11.2 Å². The Kier molecular flexibility index (Phi) is 2.54. The first-order valence-electron chi connectivity index (χ1n) is 5.49. The first-order chi connectivity index (χ1) is 8.48. The number of sulfonamides is 1. The van der Waals surface area contributed by atoms with Gasteiger partial charge in [-0.25, -0.2) is 13.6 Å². The Morgan fingerprint density at radius 2 is 2.11 bits per heavy atom. The second-order valence-corrected chi connectivity index (χ2v) is 6.62. The minimum absolute atomic E-state index is 0.134. The number of nitrogens with two attached hydrogens (primary N) is 1. The molecule has 0 aromatic carbocycles. The SMILES string of the molecule is Cc1cscc1-c1nnc(S(N)(=O)=O)n1C1CC1. The number of primary sulfonamides is 1. The van der Waals surface area contributed by atoms with Gasteiger partial charge in [-0.05, 0) is 30.7 Å². The fraction of sp³-hybridized carbons (Fsp3) is 0.400. The molecule has 0 aliphatic heterocycles. The highest BCUT2D eigenvalue weighted by Gasteiger charge is 2.33. The third-order valence-electron chi connectivity index (χ3n) is 2.93. The lowest BCUT2D eigenvalue weighted by molar-refractivity contribution is 0.567. The number of aromatic nitrogens is 3. The molecule has 2 aromatic heterocycles. The van der Waals surface area contributed by atoms with Crippen LogP contribution in [0.3, 0.4) is 0 Å². The minimum atomic E-state index is -3.83. The lowest BCUT2D eigenvalue weighted by Crippen LogP contribution is -2.18. The van der Waals surface area contributed by atoms with E-state index >= 15 is 0 Å². The highest BCUT2D eigenvalue weighted by molar-refractivity contribution is 7.89. The standard InChI is InChI=1S/C10H12N4O2S2/c1-6-4-17-5-8(6)9-12-13-10(18(11,15)16)14(9)7-2-3-7/h4-5,7H,2-3H2,1H3,(H2,11,15,16). The molecular formula is C10H12N4O2S2. The van der Waals surface area contributed by atoms with E-state index < -0.39 is 10.0 Å². The normalized spacial score (nSPS) is 16.1. The fourth-order valence-corrected chi connectivity index (χ4v) is 3.40. The zero-order chi connectivity index (χ0) is 12.9. The molecule has 0 unspecified atom stereocenters. The zero-order valence-corrected chi connectivity index (χ0v) is 11.3. The molecule has 0 radical (unpaired) electrons. The van der Waals surface area contributed by atoms with Crippen LogP contribution in [0.25, 0.3) is 11.4 Å². The summed E-state index contributed by atoms with van der Waals surface area (Å²) in [4.78, 5) is 0. The molecule has 0 bridgehead atoms. The van der Waals surface area contributed by atoms with Crippen molar-refractivity contribution in [2.24, 2.45) is 5.14 Å². The number of hydrogen-bond donors (Lipinski definition) is 1. The van der Waals surface area contributed by atoms with Crippen LogP contribution in [0.2, 0.25) is 0 Å². The van der Waals surface area contributed by atoms with E-state index in [1.807, 2.05) is 17.7 Å². The molecule has 96 valence electrons. The summed E-state index contributed by atoms with van der Waals surface area (Å²) in [6, 6.07) is 0.155. The molecule has 0 saturated heterocycles. The van der Waals surface area contributed by atoms with Crippen molar-refractivity contribution in [3.8, 4) is 11.4 Å². The number of aryl methyl sites for hydroxylation is 1. The largest absolute Gasteiger partial charge is 0.294 e. The van der Waals surface area contributed by atoms with E-state index in [4.69, 9.17) is 5.14 Å². The molecule has 1 fully saturated rings. The molecule has 1 saturated carbocycles. The van der Waals surface area contributed by atoms with Crippen molar-refractivity contribution in [1.29, 1.82) is 0 Å². The Morgan fingerprint density at radius 3 is 2.61 bits per heavy atom. The average molecular weight is 284 g/mol. The van der Waals surface area contributed by atoms with Crippen LogP contribution in [-0.2, 0) is 10.0 Å². The van der Waals surface area contributed by atoms with Gasteiger partial charge in [0, 0.05) is 17.0 Å². The topological polar surface area (TPSA) is 90.9 Å². The summed E-state index contributed by atoms with van der Waals surface area (Å²) in [5.41, 5.74) is 1.99. The van der Waals surface area contributed by atoms with Gasteiger partial charge in [-0.15, -0.1) is 10.2 Å². The Bertz CT molecular complexity index is 697. The van der Waals surface area contributed by atoms with Crippen molar-refractivity contribution in [2.75, 3.05) is 0 Å². The third kappa shape index (κ3) is 1.86. The average Bonchev–Trinajstić information content (AvgIpc) is 2.86. The first kappa shape index (κ1) is 11.8. The van der Waals surface area contributed by atoms with E-state index in [9.17, 15) is 8.42 Å². The van der Waals surface area contributed by atoms with Crippen molar-refractivity contribution < 1.29 is 8.42 Å². The number of rotatable bonds is 3. The van der Waals surface area contributed by atoms with Gasteiger partial charge in [0.2, 0.25) is 0 Å². The minimum Gasteiger partial charge on any atom is -0.294 e. The Morgan fingerprint density at radius 1 is 1.39 bits per heavy atom. The van der Waals surface area contributed by atoms with Crippen LogP contribution in [0.4, 0.5) is 0 Å². The van der Waals surface area contributed by atoms with Crippen molar-refractivity contribution in [1.82, 2.24) is 14.8 Å². The Labute approximate surface area is 109 Å². The molecule has 6 nitrogen and oxygen atoms in total. The molecule has 18 heavy (non-hydrogen) atoms. The van der Waals surface area contributed by atoms with Crippen molar-refractivity contribution >= 4 is 21.4 Å². The maximum atomic E-state index is 11.5. The lowest BCUT2D eigenvalue weighted by atomic mass is 10.2. The van der Waals surface area contributed by atoms with E-state index in [0.717, 1.165) is 24.0 Å². The molecule has 8 heteroatoms. The second-order valence-electron chi connectivity index (χ2n) is 4.42. The van der Waals surface area contributed by atoms with Gasteiger partial charge in [0.1, 0.15) is 0 Å². The second kappa shape index (κ2) is 3.87. The van der Waals surface area contributed by atoms with Crippen molar-refractivity contribution in [3.05, 3.63) is 16.3 Å². The molecule has 0 amide bonds. The van der Waals surface area contributed by atoms with Gasteiger partial charge in [-0.3, -0.25) is 4.57 Å². The molecule has 2 aromatic rings. The quantitative estimate of drug-likeness (QED) is 0.919. The van der Waals surface area contributed by atoms with E-state index in [1.165, 1.54) is 0 Å². The number of nitrogens with zero attached hydrogens (tertiary/aromatic N) is 3. The van der Waals surface area contributed by atoms with Crippen LogP contribution in [0.5, 0.6) is 0 Å². The molecule has 0 atom stereocenters. The van der Waals surface area contributed by atoms with Gasteiger partial charge in [-0.2, -0.15) is 11.3 Å². The monoisotopic (exact) mass is 284 g/mol. The van der Waals surface area contributed by atoms with Crippen molar-refractivity contribution in [2.45, 2.75) is 31.0 Å². The van der Waals surface area contributed by atoms with Gasteiger partial charge in [0.25, 0.3) is 15.2 Å². The number of thiophene rings is 1. The van der Waals surface area contributed by atoms with Gasteiger partial charge >= 0.3 is 0 Å². The number of hydrogen-bond acceptors (Lipinski definition) is 5. The zero-order valence-electron chi connectivity index (χ0n) is 9.70. The van der Waals surface area contributed by atoms with Crippen LogP contribution < -0.4 is 5.14 Å². The first-order valence-corrected chi connectivity index (χ1v) is 7.98. The van der Waals surface area contributed by atoms with Crippen LogP contribution in [0.1, 0.15) is 24.4 Å². The van der Waals surface area contributed by atoms with Crippen LogP contribution >= 0.6 is 11.3 Å². The third-order valence-corrected chi connectivity index (χ3v) is 4.58. The highest BCUT2D eigenvalue weighted by atomic mass is 32.2. The van der Waals surface area contributed by atoms with Gasteiger partial charge in [-0.1, -0.05) is 0 Å². The molecule has 2 heterocycles. The summed E-state index contributed by atoms with van der Waals surface area (Å²) in [6.07, 6.45) is 1.88. The van der Waals surface area contributed by atoms with Crippen LogP contribution in [0, 0.1) is 6.92 Å². The summed E-state index contributed by atoms with van der Waals surface area (Å²) in [5, 5.41) is 16.8. The molecular weight excluding hydrogens is 272 g/mol. The van der Waals surface area contributed by atoms with E-state index in [2.05, 4.69) is 10.2 Å². The van der Waals surface area contributed by atoms with Crippen LogP contribution in [0.15, 0.2) is 15.9 Å². The van der Waals surface area contributed by atoms with Crippen molar-refractivity contribution in [3.63, 3.8) is 0 Å². The van der Waals surface area contributed by atoms with E-state index in [1.54, 1.807) is 15.9 Å². The summed E-state index contributed by atoms with van der Waals surface area (Å²) in [6.45, 7) is 1.97. The molecule has 1 aliphatic rings. The molecule has 0 spiro atoms. The summed E-state index contributed by atoms with van der Waals surface area (Å²) >= 11 is 1.56. The summed E-state index contributed by atoms with van der Waals surface area (Å²) < 4.78 is 24.7. The van der Waals surface area contributed by atoms with Gasteiger partial charge in [0.05, 0.1) is 0 Å². The lowest BCUT2D eigenvalue weighted by Gasteiger charge is -2.07. The van der Waals surface area contributed by atoms with Crippen LogP contribution in [-0.4, -0.2) is 23.2 Å². The maximum absolute atomic E-state index is 11.5. The molecule has 1 aliphatic carbocycles. The highest BCUT2D eigenvalue weighted by Crippen LogP contribution is 2.40. The Balaban J connectivity index is 2.23. The predicted octanol–water partition coefficient (Wildman–Crippen LogP) is 1.30. The fourth-order valence-electron chi connectivity index (χ4n) is 1.91. The maximum Gasteiger partial charge on any atom is 0.273 e. The Hall–Kier alpha value is -1.25. The van der Waals surface area contributed by atoms with E-state index in [0.29, 0.717) is 5.82 Å². The smallest absolute Gasteiger partial charge is 0.273 e. The summed E-state index contributed by atoms with van der Waals surface area (Å²) in [7, 11) is -3.83. The predicted molar refractivity (Wildman–Crippen MR) is 67.7 cm³/mol. The molecule has 2 N–H and O–H groups in total. The van der Waals surface area contributed by atoms with Gasteiger partial charge < -0.3 is 0 Å².